The molecule has 0 N–H and O–H groups in total. The Hall–Kier alpha value is -0.903. The molecule has 4 heteroatoms. The van der Waals surface area contributed by atoms with E-state index >= 15 is 0 Å². The van der Waals surface area contributed by atoms with Gasteiger partial charge in [-0.3, -0.25) is 4.79 Å². The van der Waals surface area contributed by atoms with Crippen molar-refractivity contribution >= 4 is 20.3 Å². The van der Waals surface area contributed by atoms with E-state index in [0.29, 0.717) is 6.61 Å². The summed E-state index contributed by atoms with van der Waals surface area (Å²) in [6.45, 7) is 7.05. The number of ether oxygens (including phenoxy) is 1. The molecule has 0 bridgehead atoms. The quantitative estimate of drug-likeness (QED) is 0.383. The van der Waals surface area contributed by atoms with E-state index in [4.69, 9.17) is 4.74 Å². The van der Waals surface area contributed by atoms with Crippen LogP contribution in [0, 0.1) is 0 Å². The van der Waals surface area contributed by atoms with E-state index < -0.39 is 14.0 Å². The summed E-state index contributed by atoms with van der Waals surface area (Å²) in [7, 11) is -1.13. The number of esters is 1. The molecule has 0 aliphatic carbocycles. The highest BCUT2D eigenvalue weighted by Gasteiger charge is 2.12. The standard InChI is InChI=1S/C9H15O3Si/c1-13(2,3)8-7-12-9(11)5-4-6-10/h4-5H,7-8H2,1-3H3. The van der Waals surface area contributed by atoms with Crippen molar-refractivity contribution in [3.8, 4) is 0 Å². The number of allylic oxidation sites excluding steroid dienone is 1. The molecular weight excluding hydrogens is 184 g/mol. The van der Waals surface area contributed by atoms with Gasteiger partial charge in [-0.25, -0.2) is 4.79 Å². The van der Waals surface area contributed by atoms with Crippen molar-refractivity contribution in [1.82, 2.24) is 0 Å². The van der Waals surface area contributed by atoms with Crippen LogP contribution in [-0.4, -0.2) is 26.9 Å². The summed E-state index contributed by atoms with van der Waals surface area (Å²) in [6.07, 6.45) is 3.57. The zero-order chi connectivity index (χ0) is 10.3. The van der Waals surface area contributed by atoms with Gasteiger partial charge in [0.2, 0.25) is 6.29 Å². The van der Waals surface area contributed by atoms with Gasteiger partial charge in [0.05, 0.1) is 6.61 Å². The molecule has 0 aliphatic rings. The maximum Gasteiger partial charge on any atom is 0.330 e. The SMILES string of the molecule is C[Si](C)(C)CCOC(=O)C=C[C]=O. The molecule has 0 aromatic rings. The minimum absolute atomic E-state index is 0.442. The van der Waals surface area contributed by atoms with Gasteiger partial charge in [-0.2, -0.15) is 0 Å². The Bertz CT molecular complexity index is 203. The van der Waals surface area contributed by atoms with Gasteiger partial charge in [-0.05, 0) is 12.1 Å². The highest BCUT2D eigenvalue weighted by atomic mass is 28.3. The number of carbonyl (C=O) groups is 1. The van der Waals surface area contributed by atoms with Gasteiger partial charge in [-0.1, -0.05) is 19.6 Å². The Morgan fingerprint density at radius 3 is 2.54 bits per heavy atom. The number of rotatable bonds is 5. The second-order valence-corrected chi connectivity index (χ2v) is 9.55. The topological polar surface area (TPSA) is 43.4 Å². The van der Waals surface area contributed by atoms with Crippen molar-refractivity contribution < 1.29 is 14.3 Å². The number of carbonyl (C=O) groups excluding carboxylic acids is 2. The Kier molecular flexibility index (Phi) is 5.30. The summed E-state index contributed by atoms with van der Waals surface area (Å²) in [5, 5.41) is 0. The van der Waals surface area contributed by atoms with Crippen molar-refractivity contribution in [3.05, 3.63) is 12.2 Å². The molecule has 3 nitrogen and oxygen atoms in total. The molecule has 0 amide bonds. The molecular formula is C9H15O3Si. The van der Waals surface area contributed by atoms with Gasteiger partial charge in [0.15, 0.2) is 0 Å². The average Bonchev–Trinajstić information content (AvgIpc) is 1.98. The second-order valence-electron chi connectivity index (χ2n) is 3.93. The Labute approximate surface area is 79.8 Å². The van der Waals surface area contributed by atoms with E-state index in [9.17, 15) is 9.59 Å². The largest absolute Gasteiger partial charge is 0.463 e. The highest BCUT2D eigenvalue weighted by Crippen LogP contribution is 2.07. The molecule has 0 saturated carbocycles. The van der Waals surface area contributed by atoms with Crippen LogP contribution >= 0.6 is 0 Å². The van der Waals surface area contributed by atoms with Crippen LogP contribution in [0.15, 0.2) is 12.2 Å². The number of hydrogen-bond donors (Lipinski definition) is 0. The molecule has 13 heavy (non-hydrogen) atoms. The lowest BCUT2D eigenvalue weighted by Gasteiger charge is -2.14. The molecule has 0 aromatic heterocycles. The third-order valence-electron chi connectivity index (χ3n) is 1.38. The lowest BCUT2D eigenvalue weighted by molar-refractivity contribution is -0.137. The third kappa shape index (κ3) is 9.01. The summed E-state index contributed by atoms with van der Waals surface area (Å²) in [4.78, 5) is 20.5. The van der Waals surface area contributed by atoms with Crippen LogP contribution in [0.5, 0.6) is 0 Å². The first kappa shape index (κ1) is 12.1. The molecule has 0 spiro atoms. The lowest BCUT2D eigenvalue weighted by Crippen LogP contribution is -2.22. The van der Waals surface area contributed by atoms with Crippen LogP contribution in [0.2, 0.25) is 25.7 Å². The Balaban J connectivity index is 3.60. The maximum absolute atomic E-state index is 10.8. The number of hydrogen-bond acceptors (Lipinski definition) is 3. The van der Waals surface area contributed by atoms with E-state index in [1.54, 1.807) is 0 Å². The Morgan fingerprint density at radius 1 is 1.46 bits per heavy atom. The fourth-order valence-corrected chi connectivity index (χ4v) is 1.32. The predicted molar refractivity (Wildman–Crippen MR) is 53.9 cm³/mol. The predicted octanol–water partition coefficient (Wildman–Crippen LogP) is 1.53. The van der Waals surface area contributed by atoms with Crippen LogP contribution in [0.1, 0.15) is 0 Å². The molecule has 0 aromatic carbocycles. The fourth-order valence-electron chi connectivity index (χ4n) is 0.608. The van der Waals surface area contributed by atoms with Gasteiger partial charge in [-0.15, -0.1) is 0 Å². The van der Waals surface area contributed by atoms with E-state index in [0.717, 1.165) is 18.2 Å². The molecule has 0 atom stereocenters. The molecule has 73 valence electrons. The molecule has 0 unspecified atom stereocenters. The summed E-state index contributed by atoms with van der Waals surface area (Å²) < 4.78 is 4.85. The molecule has 0 fully saturated rings. The smallest absolute Gasteiger partial charge is 0.330 e. The van der Waals surface area contributed by atoms with Crippen molar-refractivity contribution in [2.45, 2.75) is 25.7 Å². The molecule has 0 aliphatic heterocycles. The molecule has 0 rings (SSSR count). The summed E-state index contributed by atoms with van der Waals surface area (Å²) in [6, 6.07) is 0.942. The fraction of sp³-hybridized carbons (Fsp3) is 0.556. The second kappa shape index (κ2) is 5.69. The van der Waals surface area contributed by atoms with Crippen LogP contribution in [0.3, 0.4) is 0 Å². The maximum atomic E-state index is 10.8. The first-order chi connectivity index (χ1) is 5.95. The monoisotopic (exact) mass is 199 g/mol. The summed E-state index contributed by atoms with van der Waals surface area (Å²) in [5.74, 6) is -0.471. The third-order valence-corrected chi connectivity index (χ3v) is 3.09. The average molecular weight is 199 g/mol. The van der Waals surface area contributed by atoms with Gasteiger partial charge in [0, 0.05) is 14.1 Å². The Morgan fingerprint density at radius 2 is 2.08 bits per heavy atom. The zero-order valence-corrected chi connectivity index (χ0v) is 9.29. The molecule has 1 radical (unpaired) electrons. The van der Waals surface area contributed by atoms with Crippen LogP contribution in [-0.2, 0) is 14.3 Å². The lowest BCUT2D eigenvalue weighted by atomic mass is 10.5. The van der Waals surface area contributed by atoms with Gasteiger partial charge in [0.25, 0.3) is 0 Å². The zero-order valence-electron chi connectivity index (χ0n) is 8.29. The van der Waals surface area contributed by atoms with Crippen molar-refractivity contribution in [1.29, 1.82) is 0 Å². The van der Waals surface area contributed by atoms with Gasteiger partial charge in [0.1, 0.15) is 0 Å². The normalized spacial score (nSPS) is 11.6. The van der Waals surface area contributed by atoms with Gasteiger partial charge >= 0.3 is 5.97 Å². The van der Waals surface area contributed by atoms with Gasteiger partial charge < -0.3 is 4.74 Å². The van der Waals surface area contributed by atoms with Crippen LogP contribution in [0.25, 0.3) is 0 Å². The van der Waals surface area contributed by atoms with E-state index in [-0.39, 0.29) is 0 Å². The molecule has 0 heterocycles. The summed E-state index contributed by atoms with van der Waals surface area (Å²) >= 11 is 0. The van der Waals surface area contributed by atoms with E-state index in [1.807, 2.05) is 0 Å². The van der Waals surface area contributed by atoms with E-state index in [2.05, 4.69) is 19.6 Å². The summed E-state index contributed by atoms with van der Waals surface area (Å²) in [5.41, 5.74) is 0. The van der Waals surface area contributed by atoms with Crippen molar-refractivity contribution in [2.75, 3.05) is 6.61 Å². The first-order valence-corrected chi connectivity index (χ1v) is 7.87. The highest BCUT2D eigenvalue weighted by molar-refractivity contribution is 6.76. The minimum Gasteiger partial charge on any atom is -0.463 e. The minimum atomic E-state index is -1.13. The van der Waals surface area contributed by atoms with Crippen molar-refractivity contribution in [2.24, 2.45) is 0 Å². The van der Waals surface area contributed by atoms with Crippen LogP contribution < -0.4 is 0 Å². The first-order valence-electron chi connectivity index (χ1n) is 4.17. The van der Waals surface area contributed by atoms with Crippen LogP contribution in [0.4, 0.5) is 0 Å². The molecule has 0 saturated heterocycles. The van der Waals surface area contributed by atoms with E-state index in [1.165, 1.54) is 6.29 Å². The van der Waals surface area contributed by atoms with Crippen molar-refractivity contribution in [3.63, 3.8) is 0 Å².